The first-order chi connectivity index (χ1) is 11.3. The van der Waals surface area contributed by atoms with Gasteiger partial charge in [-0.15, -0.1) is 0 Å². The SMILES string of the molecule is CCOC(=O)/C=C/COc1ccccc1N=Cc1ccccc1. The Morgan fingerprint density at radius 3 is 2.61 bits per heavy atom. The molecule has 2 aromatic rings. The lowest BCUT2D eigenvalue weighted by atomic mass is 10.2. The highest BCUT2D eigenvalue weighted by Crippen LogP contribution is 2.26. The third-order valence-electron chi connectivity index (χ3n) is 2.89. The van der Waals surface area contributed by atoms with Gasteiger partial charge < -0.3 is 9.47 Å². The number of aliphatic imine (C=N–C) groups is 1. The number of ether oxygens (including phenoxy) is 2. The molecule has 0 saturated heterocycles. The lowest BCUT2D eigenvalue weighted by Crippen LogP contribution is -2.01. The molecule has 0 fully saturated rings. The summed E-state index contributed by atoms with van der Waals surface area (Å²) in [5.41, 5.74) is 1.75. The van der Waals surface area contributed by atoms with Crippen LogP contribution in [0.3, 0.4) is 0 Å². The molecule has 0 N–H and O–H groups in total. The fourth-order valence-electron chi connectivity index (χ4n) is 1.84. The fourth-order valence-corrected chi connectivity index (χ4v) is 1.84. The van der Waals surface area contributed by atoms with Gasteiger partial charge in [0.25, 0.3) is 0 Å². The van der Waals surface area contributed by atoms with Crippen LogP contribution in [-0.2, 0) is 9.53 Å². The van der Waals surface area contributed by atoms with E-state index >= 15 is 0 Å². The molecule has 118 valence electrons. The van der Waals surface area contributed by atoms with Crippen molar-refractivity contribution in [2.24, 2.45) is 4.99 Å². The van der Waals surface area contributed by atoms with Gasteiger partial charge >= 0.3 is 5.97 Å². The molecule has 2 rings (SSSR count). The normalized spacial score (nSPS) is 11.0. The Kier molecular flexibility index (Phi) is 6.60. The van der Waals surface area contributed by atoms with E-state index < -0.39 is 0 Å². The van der Waals surface area contributed by atoms with Gasteiger partial charge in [0.05, 0.1) is 6.61 Å². The summed E-state index contributed by atoms with van der Waals surface area (Å²) in [6, 6.07) is 17.4. The van der Waals surface area contributed by atoms with Gasteiger partial charge in [-0.2, -0.15) is 0 Å². The monoisotopic (exact) mass is 309 g/mol. The van der Waals surface area contributed by atoms with Crippen LogP contribution < -0.4 is 4.74 Å². The summed E-state index contributed by atoms with van der Waals surface area (Å²) in [6.45, 7) is 2.40. The molecule has 0 aliphatic rings. The van der Waals surface area contributed by atoms with Crippen LogP contribution in [0.15, 0.2) is 71.7 Å². The van der Waals surface area contributed by atoms with Crippen molar-refractivity contribution in [3.8, 4) is 5.75 Å². The third-order valence-corrected chi connectivity index (χ3v) is 2.89. The smallest absolute Gasteiger partial charge is 0.330 e. The van der Waals surface area contributed by atoms with E-state index in [1.807, 2.05) is 54.6 Å². The van der Waals surface area contributed by atoms with Crippen molar-refractivity contribution in [2.45, 2.75) is 6.92 Å². The topological polar surface area (TPSA) is 47.9 Å². The number of hydrogen-bond acceptors (Lipinski definition) is 4. The number of carbonyl (C=O) groups excluding carboxylic acids is 1. The molecule has 0 heterocycles. The molecule has 0 unspecified atom stereocenters. The number of esters is 1. The lowest BCUT2D eigenvalue weighted by molar-refractivity contribution is -0.137. The first kappa shape index (κ1) is 16.5. The molecule has 0 atom stereocenters. The standard InChI is InChI=1S/C19H19NO3/c1-2-22-19(21)13-8-14-23-18-12-7-6-11-17(18)20-15-16-9-4-3-5-10-16/h3-13,15H,2,14H2,1H3/b13-8+,20-15?. The van der Waals surface area contributed by atoms with Crippen molar-refractivity contribution >= 4 is 17.9 Å². The molecular weight excluding hydrogens is 290 g/mol. The van der Waals surface area contributed by atoms with Crippen LogP contribution in [0.5, 0.6) is 5.75 Å². The maximum atomic E-state index is 11.2. The molecule has 4 nitrogen and oxygen atoms in total. The van der Waals surface area contributed by atoms with Crippen molar-refractivity contribution in [3.63, 3.8) is 0 Å². The van der Waals surface area contributed by atoms with E-state index in [1.54, 1.807) is 19.2 Å². The molecular formula is C19H19NO3. The fraction of sp³-hybridized carbons (Fsp3) is 0.158. The number of benzene rings is 2. The van der Waals surface area contributed by atoms with Crippen molar-refractivity contribution in [1.29, 1.82) is 0 Å². The van der Waals surface area contributed by atoms with Gasteiger partial charge in [0.15, 0.2) is 0 Å². The van der Waals surface area contributed by atoms with Crippen molar-refractivity contribution in [3.05, 3.63) is 72.3 Å². The zero-order valence-corrected chi connectivity index (χ0v) is 13.0. The van der Waals surface area contributed by atoms with Crippen LogP contribution >= 0.6 is 0 Å². The van der Waals surface area contributed by atoms with Crippen LogP contribution in [0, 0.1) is 0 Å². The van der Waals surface area contributed by atoms with Crippen LogP contribution in [0.25, 0.3) is 0 Å². The zero-order valence-electron chi connectivity index (χ0n) is 13.0. The molecule has 0 saturated carbocycles. The summed E-state index contributed by atoms with van der Waals surface area (Å²) in [4.78, 5) is 15.6. The van der Waals surface area contributed by atoms with E-state index in [2.05, 4.69) is 4.99 Å². The van der Waals surface area contributed by atoms with Crippen LogP contribution in [0.2, 0.25) is 0 Å². The number of rotatable bonds is 7. The molecule has 0 aromatic heterocycles. The van der Waals surface area contributed by atoms with E-state index in [0.29, 0.717) is 12.4 Å². The number of nitrogens with zero attached hydrogens (tertiary/aromatic N) is 1. The Hall–Kier alpha value is -2.88. The minimum atomic E-state index is -0.369. The highest BCUT2D eigenvalue weighted by molar-refractivity contribution is 5.82. The Morgan fingerprint density at radius 2 is 1.83 bits per heavy atom. The molecule has 0 aliphatic heterocycles. The Labute approximate surface area is 136 Å². The first-order valence-corrected chi connectivity index (χ1v) is 7.44. The van der Waals surface area contributed by atoms with E-state index in [-0.39, 0.29) is 12.6 Å². The van der Waals surface area contributed by atoms with Gasteiger partial charge in [-0.25, -0.2) is 4.79 Å². The van der Waals surface area contributed by atoms with Gasteiger partial charge in [0.2, 0.25) is 0 Å². The average molecular weight is 309 g/mol. The molecule has 0 aliphatic carbocycles. The van der Waals surface area contributed by atoms with Crippen molar-refractivity contribution < 1.29 is 14.3 Å². The van der Waals surface area contributed by atoms with Gasteiger partial charge in [0.1, 0.15) is 18.0 Å². The maximum absolute atomic E-state index is 11.2. The number of carbonyl (C=O) groups is 1. The second-order valence-electron chi connectivity index (χ2n) is 4.60. The van der Waals surface area contributed by atoms with Gasteiger partial charge in [-0.3, -0.25) is 4.99 Å². The molecule has 0 amide bonds. The lowest BCUT2D eigenvalue weighted by Gasteiger charge is -2.06. The van der Waals surface area contributed by atoms with Crippen molar-refractivity contribution in [2.75, 3.05) is 13.2 Å². The Bertz CT molecular complexity index is 678. The van der Waals surface area contributed by atoms with E-state index in [9.17, 15) is 4.79 Å². The second kappa shape index (κ2) is 9.20. The number of hydrogen-bond donors (Lipinski definition) is 0. The third kappa shape index (κ3) is 5.79. The minimum Gasteiger partial charge on any atom is -0.487 e. The zero-order chi connectivity index (χ0) is 16.3. The molecule has 2 aromatic carbocycles. The van der Waals surface area contributed by atoms with E-state index in [1.165, 1.54) is 6.08 Å². The Morgan fingerprint density at radius 1 is 1.09 bits per heavy atom. The van der Waals surface area contributed by atoms with Crippen LogP contribution in [-0.4, -0.2) is 25.4 Å². The predicted molar refractivity (Wildman–Crippen MR) is 91.4 cm³/mol. The van der Waals surface area contributed by atoms with E-state index in [4.69, 9.17) is 9.47 Å². The number of para-hydroxylation sites is 2. The summed E-state index contributed by atoms with van der Waals surface area (Å²) in [5.74, 6) is 0.291. The van der Waals surface area contributed by atoms with Crippen LogP contribution in [0.4, 0.5) is 5.69 Å². The predicted octanol–water partition coefficient (Wildman–Crippen LogP) is 3.94. The van der Waals surface area contributed by atoms with Crippen molar-refractivity contribution in [1.82, 2.24) is 0 Å². The Balaban J connectivity index is 1.98. The van der Waals surface area contributed by atoms with Crippen LogP contribution in [0.1, 0.15) is 12.5 Å². The van der Waals surface area contributed by atoms with Gasteiger partial charge in [-0.05, 0) is 30.7 Å². The summed E-state index contributed by atoms with van der Waals surface area (Å²) >= 11 is 0. The minimum absolute atomic E-state index is 0.274. The molecule has 0 bridgehead atoms. The molecule has 4 heteroatoms. The highest BCUT2D eigenvalue weighted by atomic mass is 16.5. The molecule has 0 radical (unpaired) electrons. The summed E-state index contributed by atoms with van der Waals surface area (Å²) in [6.07, 6.45) is 4.77. The maximum Gasteiger partial charge on any atom is 0.330 e. The largest absolute Gasteiger partial charge is 0.487 e. The van der Waals surface area contributed by atoms with Gasteiger partial charge in [0, 0.05) is 12.3 Å². The highest BCUT2D eigenvalue weighted by Gasteiger charge is 2.00. The van der Waals surface area contributed by atoms with E-state index in [0.717, 1.165) is 11.3 Å². The summed E-state index contributed by atoms with van der Waals surface area (Å²) in [5, 5.41) is 0. The molecule has 0 spiro atoms. The second-order valence-corrected chi connectivity index (χ2v) is 4.60. The summed E-state index contributed by atoms with van der Waals surface area (Å²) < 4.78 is 10.4. The quantitative estimate of drug-likeness (QED) is 0.442. The molecule has 23 heavy (non-hydrogen) atoms. The first-order valence-electron chi connectivity index (χ1n) is 7.44. The van der Waals surface area contributed by atoms with Gasteiger partial charge in [-0.1, -0.05) is 42.5 Å². The summed E-state index contributed by atoms with van der Waals surface area (Å²) in [7, 11) is 0. The average Bonchev–Trinajstić information content (AvgIpc) is 2.59.